The number of carbonyl (C=O) groups excluding carboxylic acids is 1. The first-order valence-corrected chi connectivity index (χ1v) is 9.82. The molecule has 0 aliphatic heterocycles. The highest BCUT2D eigenvalue weighted by Crippen LogP contribution is 2.26. The van der Waals surface area contributed by atoms with Gasteiger partial charge in [-0.15, -0.1) is 10.2 Å². The van der Waals surface area contributed by atoms with Crippen LogP contribution in [0.15, 0.2) is 71.9 Å². The maximum atomic E-state index is 13.5. The van der Waals surface area contributed by atoms with Crippen molar-refractivity contribution in [3.8, 4) is 11.4 Å². The fourth-order valence-electron chi connectivity index (χ4n) is 2.90. The highest BCUT2D eigenvalue weighted by Gasteiger charge is 2.20. The number of anilines is 1. The maximum Gasteiger partial charge on any atom is 0.237 e. The first-order chi connectivity index (χ1) is 14.0. The van der Waals surface area contributed by atoms with Crippen molar-refractivity contribution >= 4 is 34.1 Å². The second-order valence-electron chi connectivity index (χ2n) is 6.50. The molecule has 6 nitrogen and oxygen atoms in total. The van der Waals surface area contributed by atoms with Gasteiger partial charge in [-0.05, 0) is 42.0 Å². The van der Waals surface area contributed by atoms with Gasteiger partial charge in [0.25, 0.3) is 0 Å². The number of nitrogen functional groups attached to an aromatic ring is 1. The van der Waals surface area contributed by atoms with Gasteiger partial charge in [-0.25, -0.2) is 9.07 Å². The number of benzene rings is 3. The van der Waals surface area contributed by atoms with E-state index in [9.17, 15) is 9.18 Å². The minimum absolute atomic E-state index is 0.180. The van der Waals surface area contributed by atoms with Crippen molar-refractivity contribution < 1.29 is 9.18 Å². The molecule has 29 heavy (non-hydrogen) atoms. The van der Waals surface area contributed by atoms with Crippen LogP contribution in [0.25, 0.3) is 22.2 Å². The van der Waals surface area contributed by atoms with Gasteiger partial charge in [0.05, 0.1) is 5.25 Å². The van der Waals surface area contributed by atoms with Gasteiger partial charge in [-0.2, -0.15) is 0 Å². The van der Waals surface area contributed by atoms with Gasteiger partial charge in [-0.3, -0.25) is 4.79 Å². The van der Waals surface area contributed by atoms with E-state index in [2.05, 4.69) is 15.5 Å². The lowest BCUT2D eigenvalue weighted by Crippen LogP contribution is -2.23. The molecule has 0 fully saturated rings. The summed E-state index contributed by atoms with van der Waals surface area (Å²) in [6.45, 7) is 1.76. The van der Waals surface area contributed by atoms with E-state index in [1.54, 1.807) is 19.1 Å². The standard InChI is InChI=1S/C21H18FN5OS/c1-13(20(28)24-18-10-9-14-5-2-3-6-15(14)12-18)29-21-26-25-19(27(21)23)16-7-4-8-17(22)11-16/h2-13H,23H2,1H3,(H,24,28)/t13-/m0/s1. The molecule has 0 saturated heterocycles. The fraction of sp³-hybridized carbons (Fsp3) is 0.0952. The Kier molecular flexibility index (Phi) is 5.18. The lowest BCUT2D eigenvalue weighted by molar-refractivity contribution is -0.115. The Balaban J connectivity index is 1.47. The van der Waals surface area contributed by atoms with E-state index in [4.69, 9.17) is 5.84 Å². The van der Waals surface area contributed by atoms with Crippen LogP contribution in [-0.4, -0.2) is 26.0 Å². The zero-order valence-electron chi connectivity index (χ0n) is 15.5. The topological polar surface area (TPSA) is 85.8 Å². The minimum atomic E-state index is -0.465. The van der Waals surface area contributed by atoms with Crippen LogP contribution in [-0.2, 0) is 4.79 Å². The van der Waals surface area contributed by atoms with Crippen LogP contribution in [0.5, 0.6) is 0 Å². The Morgan fingerprint density at radius 3 is 2.66 bits per heavy atom. The summed E-state index contributed by atoms with van der Waals surface area (Å²) in [7, 11) is 0. The van der Waals surface area contributed by atoms with Gasteiger partial charge in [0.1, 0.15) is 5.82 Å². The molecule has 1 atom stereocenters. The lowest BCUT2D eigenvalue weighted by atomic mass is 10.1. The predicted molar refractivity (Wildman–Crippen MR) is 113 cm³/mol. The number of nitrogens with zero attached hydrogens (tertiary/aromatic N) is 3. The van der Waals surface area contributed by atoms with Crippen LogP contribution in [0.4, 0.5) is 10.1 Å². The fourth-order valence-corrected chi connectivity index (χ4v) is 3.67. The molecule has 0 spiro atoms. The highest BCUT2D eigenvalue weighted by molar-refractivity contribution is 8.00. The van der Waals surface area contributed by atoms with Crippen molar-refractivity contribution in [2.75, 3.05) is 11.2 Å². The molecular weight excluding hydrogens is 389 g/mol. The van der Waals surface area contributed by atoms with Crippen molar-refractivity contribution in [3.05, 3.63) is 72.5 Å². The van der Waals surface area contributed by atoms with E-state index in [-0.39, 0.29) is 11.7 Å². The Bertz CT molecular complexity index is 1190. The van der Waals surface area contributed by atoms with Crippen molar-refractivity contribution in [3.63, 3.8) is 0 Å². The van der Waals surface area contributed by atoms with Gasteiger partial charge < -0.3 is 11.2 Å². The molecule has 3 aromatic carbocycles. The summed E-state index contributed by atoms with van der Waals surface area (Å²) >= 11 is 1.18. The number of hydrogen-bond donors (Lipinski definition) is 2. The molecule has 1 heterocycles. The number of nitrogens with two attached hydrogens (primary N) is 1. The number of rotatable bonds is 5. The first-order valence-electron chi connectivity index (χ1n) is 8.94. The van der Waals surface area contributed by atoms with E-state index < -0.39 is 5.25 Å². The van der Waals surface area contributed by atoms with E-state index in [0.29, 0.717) is 16.5 Å². The van der Waals surface area contributed by atoms with Crippen molar-refractivity contribution in [1.29, 1.82) is 0 Å². The molecule has 3 N–H and O–H groups in total. The molecular formula is C21H18FN5OS. The summed E-state index contributed by atoms with van der Waals surface area (Å²) in [6.07, 6.45) is 0. The second-order valence-corrected chi connectivity index (χ2v) is 7.81. The van der Waals surface area contributed by atoms with Crippen molar-refractivity contribution in [1.82, 2.24) is 14.9 Å². The largest absolute Gasteiger partial charge is 0.335 e. The SMILES string of the molecule is C[C@H](Sc1nnc(-c2cccc(F)c2)n1N)C(=O)Nc1ccc2ccccc2c1. The molecule has 0 bridgehead atoms. The molecule has 146 valence electrons. The van der Waals surface area contributed by atoms with Crippen molar-refractivity contribution in [2.45, 2.75) is 17.3 Å². The summed E-state index contributed by atoms with van der Waals surface area (Å²) in [6, 6.07) is 19.6. The third-order valence-corrected chi connectivity index (χ3v) is 5.47. The van der Waals surface area contributed by atoms with Gasteiger partial charge >= 0.3 is 0 Å². The molecule has 1 aromatic heterocycles. The predicted octanol–water partition coefficient (Wildman–Crippen LogP) is 4.07. The molecule has 0 aliphatic rings. The number of nitrogens with one attached hydrogen (secondary N) is 1. The number of fused-ring (bicyclic) bond motifs is 1. The number of carbonyl (C=O) groups is 1. The average molecular weight is 407 g/mol. The number of hydrogen-bond acceptors (Lipinski definition) is 5. The van der Waals surface area contributed by atoms with E-state index in [0.717, 1.165) is 16.5 Å². The Morgan fingerprint density at radius 1 is 1.07 bits per heavy atom. The van der Waals surface area contributed by atoms with E-state index >= 15 is 0 Å². The van der Waals surface area contributed by atoms with Crippen LogP contribution in [0, 0.1) is 5.82 Å². The highest BCUT2D eigenvalue weighted by atomic mass is 32.2. The molecule has 8 heteroatoms. The van der Waals surface area contributed by atoms with Gasteiger partial charge in [-0.1, -0.05) is 54.2 Å². The molecule has 0 radical (unpaired) electrons. The number of thioether (sulfide) groups is 1. The molecule has 4 rings (SSSR count). The van der Waals surface area contributed by atoms with E-state index in [1.165, 1.54) is 28.6 Å². The number of amides is 1. The Labute approximate surface area is 170 Å². The van der Waals surface area contributed by atoms with Crippen LogP contribution in [0.1, 0.15) is 6.92 Å². The smallest absolute Gasteiger partial charge is 0.237 e. The summed E-state index contributed by atoms with van der Waals surface area (Å²) in [5.74, 6) is 5.83. The molecule has 0 saturated carbocycles. The first kappa shape index (κ1) is 18.9. The van der Waals surface area contributed by atoms with Crippen LogP contribution < -0.4 is 11.2 Å². The van der Waals surface area contributed by atoms with E-state index in [1.807, 2.05) is 42.5 Å². The zero-order chi connectivity index (χ0) is 20.4. The quantitative estimate of drug-likeness (QED) is 0.385. The summed E-state index contributed by atoms with van der Waals surface area (Å²) in [5.41, 5.74) is 1.23. The lowest BCUT2D eigenvalue weighted by Gasteiger charge is -2.12. The maximum absolute atomic E-state index is 13.5. The summed E-state index contributed by atoms with van der Waals surface area (Å²) in [5, 5.41) is 13.0. The van der Waals surface area contributed by atoms with Crippen LogP contribution >= 0.6 is 11.8 Å². The van der Waals surface area contributed by atoms with Gasteiger partial charge in [0.2, 0.25) is 11.1 Å². The van der Waals surface area contributed by atoms with Crippen LogP contribution in [0.3, 0.4) is 0 Å². The number of aromatic nitrogens is 3. The third kappa shape index (κ3) is 4.07. The minimum Gasteiger partial charge on any atom is -0.335 e. The number of halogens is 1. The molecule has 4 aromatic rings. The van der Waals surface area contributed by atoms with Gasteiger partial charge in [0, 0.05) is 11.3 Å². The van der Waals surface area contributed by atoms with Crippen molar-refractivity contribution in [2.24, 2.45) is 0 Å². The molecule has 1 amide bonds. The Hall–Kier alpha value is -3.39. The van der Waals surface area contributed by atoms with Gasteiger partial charge in [0.15, 0.2) is 5.82 Å². The zero-order valence-corrected chi connectivity index (χ0v) is 16.4. The second kappa shape index (κ2) is 7.92. The molecule has 0 unspecified atom stereocenters. The van der Waals surface area contributed by atoms with Crippen LogP contribution in [0.2, 0.25) is 0 Å². The Morgan fingerprint density at radius 2 is 1.86 bits per heavy atom. The average Bonchev–Trinajstić information content (AvgIpc) is 3.08. The monoisotopic (exact) mass is 407 g/mol. The summed E-state index contributed by atoms with van der Waals surface area (Å²) < 4.78 is 14.7. The molecule has 0 aliphatic carbocycles. The summed E-state index contributed by atoms with van der Waals surface area (Å²) in [4.78, 5) is 12.6. The third-order valence-electron chi connectivity index (χ3n) is 4.42. The normalized spacial score (nSPS) is 12.1.